The molecule has 1 saturated carbocycles. The van der Waals surface area contributed by atoms with Crippen LogP contribution in [0.1, 0.15) is 19.8 Å². The van der Waals surface area contributed by atoms with E-state index >= 15 is 0 Å². The van der Waals surface area contributed by atoms with E-state index in [9.17, 15) is 9.59 Å². The van der Waals surface area contributed by atoms with E-state index < -0.39 is 0 Å². The first-order valence-electron chi connectivity index (χ1n) is 6.38. The Hall–Kier alpha value is -1.84. The fourth-order valence-corrected chi connectivity index (χ4v) is 2.29. The summed E-state index contributed by atoms with van der Waals surface area (Å²) < 4.78 is 0. The van der Waals surface area contributed by atoms with Gasteiger partial charge in [0.1, 0.15) is 0 Å². The third-order valence-electron chi connectivity index (χ3n) is 3.55. The zero-order chi connectivity index (χ0) is 12.7. The van der Waals surface area contributed by atoms with E-state index in [0.29, 0.717) is 6.54 Å². The number of carbonyl (C=O) groups is 2. The minimum Gasteiger partial charge on any atom is -0.324 e. The molecular formula is C14H16N2O2. The Morgan fingerprint density at radius 3 is 2.78 bits per heavy atom. The summed E-state index contributed by atoms with van der Waals surface area (Å²) in [6.45, 7) is 2.33. The number of para-hydroxylation sites is 2. The van der Waals surface area contributed by atoms with Crippen molar-refractivity contribution in [2.45, 2.75) is 19.8 Å². The summed E-state index contributed by atoms with van der Waals surface area (Å²) >= 11 is 0. The van der Waals surface area contributed by atoms with Crippen molar-refractivity contribution in [3.8, 4) is 0 Å². The Morgan fingerprint density at radius 1 is 1.33 bits per heavy atom. The second kappa shape index (κ2) is 4.12. The van der Waals surface area contributed by atoms with Gasteiger partial charge in [0.05, 0.1) is 17.3 Å². The lowest BCUT2D eigenvalue weighted by Gasteiger charge is -2.23. The summed E-state index contributed by atoms with van der Waals surface area (Å²) in [4.78, 5) is 26.0. The fourth-order valence-electron chi connectivity index (χ4n) is 2.29. The summed E-state index contributed by atoms with van der Waals surface area (Å²) in [5, 5.41) is 2.88. The van der Waals surface area contributed by atoms with Crippen molar-refractivity contribution in [2.24, 2.45) is 11.8 Å². The van der Waals surface area contributed by atoms with E-state index in [2.05, 4.69) is 5.32 Å². The number of nitrogens with one attached hydrogen (secondary N) is 1. The predicted octanol–water partition coefficient (Wildman–Crippen LogP) is 2.02. The number of amides is 2. The minimum atomic E-state index is -0.180. The van der Waals surface area contributed by atoms with Gasteiger partial charge in [-0.3, -0.25) is 9.59 Å². The van der Waals surface area contributed by atoms with Gasteiger partial charge in [-0.15, -0.1) is 0 Å². The summed E-state index contributed by atoms with van der Waals surface area (Å²) in [7, 11) is 0. The summed E-state index contributed by atoms with van der Waals surface area (Å²) in [5.41, 5.74) is 1.56. The first-order chi connectivity index (χ1) is 8.66. The topological polar surface area (TPSA) is 49.4 Å². The van der Waals surface area contributed by atoms with E-state index in [4.69, 9.17) is 0 Å². The largest absolute Gasteiger partial charge is 0.324 e. The van der Waals surface area contributed by atoms with Crippen LogP contribution in [0.5, 0.6) is 0 Å². The summed E-state index contributed by atoms with van der Waals surface area (Å²) in [6, 6.07) is 7.51. The molecule has 4 nitrogen and oxygen atoms in total. The third-order valence-corrected chi connectivity index (χ3v) is 3.55. The van der Waals surface area contributed by atoms with Gasteiger partial charge in [0, 0.05) is 12.5 Å². The molecule has 1 N–H and O–H groups in total. The molecule has 18 heavy (non-hydrogen) atoms. The van der Waals surface area contributed by atoms with Gasteiger partial charge in [-0.2, -0.15) is 0 Å². The number of hydrogen-bond acceptors (Lipinski definition) is 2. The maximum atomic E-state index is 12.3. The maximum absolute atomic E-state index is 12.3. The average Bonchev–Trinajstić information content (AvgIpc) is 3.19. The van der Waals surface area contributed by atoms with Crippen LogP contribution in [0.25, 0.3) is 0 Å². The van der Waals surface area contributed by atoms with Gasteiger partial charge in [-0.1, -0.05) is 19.1 Å². The van der Waals surface area contributed by atoms with Crippen molar-refractivity contribution in [2.75, 3.05) is 16.8 Å². The highest BCUT2D eigenvalue weighted by molar-refractivity contribution is 6.05. The monoisotopic (exact) mass is 244 g/mol. The molecule has 1 fully saturated rings. The second-order valence-corrected chi connectivity index (χ2v) is 5.13. The van der Waals surface area contributed by atoms with E-state index in [1.54, 1.807) is 4.90 Å². The lowest BCUT2D eigenvalue weighted by atomic mass is 10.1. The van der Waals surface area contributed by atoms with Gasteiger partial charge in [0.15, 0.2) is 0 Å². The predicted molar refractivity (Wildman–Crippen MR) is 69.3 cm³/mol. The minimum absolute atomic E-state index is 0.0199. The summed E-state index contributed by atoms with van der Waals surface area (Å²) in [5.74, 6) is 0.123. The molecule has 2 aliphatic rings. The molecule has 1 heterocycles. The molecule has 0 radical (unpaired) electrons. The highest BCUT2D eigenvalue weighted by Gasteiger charge is 2.37. The molecule has 1 atom stereocenters. The van der Waals surface area contributed by atoms with Crippen LogP contribution in [0.4, 0.5) is 11.4 Å². The van der Waals surface area contributed by atoms with E-state index in [0.717, 1.165) is 24.2 Å². The number of rotatable bonds is 1. The van der Waals surface area contributed by atoms with Gasteiger partial charge < -0.3 is 10.2 Å². The molecule has 1 aliphatic heterocycles. The van der Waals surface area contributed by atoms with Crippen molar-refractivity contribution in [1.29, 1.82) is 0 Å². The lowest BCUT2D eigenvalue weighted by molar-refractivity contribution is -0.120. The molecule has 4 heteroatoms. The molecule has 0 unspecified atom stereocenters. The Labute approximate surface area is 106 Å². The van der Waals surface area contributed by atoms with Crippen LogP contribution in [0.15, 0.2) is 24.3 Å². The number of carbonyl (C=O) groups excluding carboxylic acids is 2. The van der Waals surface area contributed by atoms with Gasteiger partial charge in [-0.25, -0.2) is 0 Å². The quantitative estimate of drug-likeness (QED) is 0.821. The standard InChI is InChI=1S/C14H16N2O2/c1-9-8-16(14(18)10-6-7-10)12-5-3-2-4-11(12)15-13(9)17/h2-5,9-10H,6-8H2,1H3,(H,15,17)/t9-/m1/s1. The van der Waals surface area contributed by atoms with Crippen LogP contribution in [0.2, 0.25) is 0 Å². The highest BCUT2D eigenvalue weighted by atomic mass is 16.2. The van der Waals surface area contributed by atoms with Crippen molar-refractivity contribution in [3.63, 3.8) is 0 Å². The summed E-state index contributed by atoms with van der Waals surface area (Å²) in [6.07, 6.45) is 1.96. The van der Waals surface area contributed by atoms with Crippen molar-refractivity contribution < 1.29 is 9.59 Å². The lowest BCUT2D eigenvalue weighted by Crippen LogP contribution is -2.36. The Kier molecular flexibility index (Phi) is 2.58. The zero-order valence-corrected chi connectivity index (χ0v) is 10.3. The molecule has 0 saturated heterocycles. The van der Waals surface area contributed by atoms with Crippen LogP contribution >= 0.6 is 0 Å². The number of fused-ring (bicyclic) bond motifs is 1. The maximum Gasteiger partial charge on any atom is 0.230 e. The van der Waals surface area contributed by atoms with Crippen LogP contribution in [0.3, 0.4) is 0 Å². The van der Waals surface area contributed by atoms with Gasteiger partial charge in [-0.05, 0) is 25.0 Å². The highest BCUT2D eigenvalue weighted by Crippen LogP contribution is 2.36. The van der Waals surface area contributed by atoms with Crippen LogP contribution in [-0.2, 0) is 9.59 Å². The molecule has 94 valence electrons. The number of anilines is 2. The number of hydrogen-bond donors (Lipinski definition) is 1. The molecule has 0 aromatic heterocycles. The van der Waals surface area contributed by atoms with Crippen molar-refractivity contribution in [1.82, 2.24) is 0 Å². The molecule has 0 spiro atoms. The van der Waals surface area contributed by atoms with Gasteiger partial charge >= 0.3 is 0 Å². The zero-order valence-electron chi connectivity index (χ0n) is 10.3. The van der Waals surface area contributed by atoms with E-state index in [1.165, 1.54) is 0 Å². The van der Waals surface area contributed by atoms with Crippen LogP contribution in [-0.4, -0.2) is 18.4 Å². The van der Waals surface area contributed by atoms with E-state index in [1.807, 2.05) is 31.2 Å². The van der Waals surface area contributed by atoms with Gasteiger partial charge in [0.2, 0.25) is 11.8 Å². The van der Waals surface area contributed by atoms with Crippen molar-refractivity contribution in [3.05, 3.63) is 24.3 Å². The fraction of sp³-hybridized carbons (Fsp3) is 0.429. The number of benzene rings is 1. The van der Waals surface area contributed by atoms with Crippen molar-refractivity contribution >= 4 is 23.2 Å². The molecule has 1 aromatic carbocycles. The van der Waals surface area contributed by atoms with Crippen LogP contribution < -0.4 is 10.2 Å². The molecule has 2 amide bonds. The van der Waals surface area contributed by atoms with Crippen LogP contribution in [0, 0.1) is 11.8 Å². The molecule has 0 bridgehead atoms. The first-order valence-corrected chi connectivity index (χ1v) is 6.38. The SMILES string of the molecule is C[C@@H]1CN(C(=O)C2CC2)c2ccccc2NC1=O. The molecule has 3 rings (SSSR count). The third kappa shape index (κ3) is 1.88. The normalized spacial score (nSPS) is 23.1. The second-order valence-electron chi connectivity index (χ2n) is 5.13. The smallest absolute Gasteiger partial charge is 0.230 e. The Bertz CT molecular complexity index is 508. The average molecular weight is 244 g/mol. The Balaban J connectivity index is 2.01. The number of nitrogens with zero attached hydrogens (tertiary/aromatic N) is 1. The molecular weight excluding hydrogens is 228 g/mol. The van der Waals surface area contributed by atoms with E-state index in [-0.39, 0.29) is 23.7 Å². The molecule has 1 aliphatic carbocycles. The first kappa shape index (κ1) is 11.3. The molecule has 1 aromatic rings. The van der Waals surface area contributed by atoms with Gasteiger partial charge in [0.25, 0.3) is 0 Å². The Morgan fingerprint density at radius 2 is 2.06 bits per heavy atom.